The van der Waals surface area contributed by atoms with Gasteiger partial charge in [0, 0.05) is 12.7 Å². The zero-order valence-electron chi connectivity index (χ0n) is 19.7. The number of fused-ring (bicyclic) bond motifs is 1. The fourth-order valence-electron chi connectivity index (χ4n) is 4.43. The molecule has 176 valence electrons. The topological polar surface area (TPSA) is 61.1 Å². The summed E-state index contributed by atoms with van der Waals surface area (Å²) in [4.78, 5) is 12.5. The molecule has 0 spiro atoms. The van der Waals surface area contributed by atoms with E-state index in [1.807, 2.05) is 35.9 Å². The molecule has 2 aliphatic heterocycles. The van der Waals surface area contributed by atoms with Crippen LogP contribution in [0, 0.1) is 6.92 Å². The summed E-state index contributed by atoms with van der Waals surface area (Å²) in [6.07, 6.45) is 7.97. The van der Waals surface area contributed by atoms with E-state index in [-0.39, 0.29) is 6.10 Å². The Morgan fingerprint density at radius 1 is 1.18 bits per heavy atom. The standard InChI is InChI=1S/C27H30N4O3/c1-20-15-31(19-28-20)25-11-10-22(14-26(25)32-2)13-23-9-6-12-30-16-24(34-29-27(23)30)18-33-17-21-7-4-3-5-8-21/h3-5,7-8,10-11,13-15,19,24H,6,9,12,16-18H2,1-2H3. The second kappa shape index (κ2) is 10.1. The van der Waals surface area contributed by atoms with E-state index in [4.69, 9.17) is 14.3 Å². The maximum Gasteiger partial charge on any atom is 0.171 e. The van der Waals surface area contributed by atoms with Crippen molar-refractivity contribution in [2.24, 2.45) is 5.16 Å². The molecule has 0 amide bonds. The summed E-state index contributed by atoms with van der Waals surface area (Å²) in [5.74, 6) is 1.73. The van der Waals surface area contributed by atoms with Crippen molar-refractivity contribution in [2.75, 3.05) is 26.8 Å². The summed E-state index contributed by atoms with van der Waals surface area (Å²) in [5.41, 5.74) is 5.35. The van der Waals surface area contributed by atoms with Crippen LogP contribution in [0.2, 0.25) is 0 Å². The van der Waals surface area contributed by atoms with Gasteiger partial charge in [-0.25, -0.2) is 4.98 Å². The zero-order valence-corrected chi connectivity index (χ0v) is 19.7. The Hall–Kier alpha value is -3.58. The molecular weight excluding hydrogens is 428 g/mol. The largest absolute Gasteiger partial charge is 0.495 e. The number of benzene rings is 2. The molecule has 1 saturated heterocycles. The Bertz CT molecular complexity index is 1190. The highest BCUT2D eigenvalue weighted by Crippen LogP contribution is 2.29. The number of ether oxygens (including phenoxy) is 2. The number of hydrogen-bond acceptors (Lipinski definition) is 6. The van der Waals surface area contributed by atoms with Gasteiger partial charge in [0.25, 0.3) is 0 Å². The monoisotopic (exact) mass is 458 g/mol. The van der Waals surface area contributed by atoms with Gasteiger partial charge in [0.2, 0.25) is 0 Å². The summed E-state index contributed by atoms with van der Waals surface area (Å²) in [6, 6.07) is 16.4. The van der Waals surface area contributed by atoms with Crippen molar-refractivity contribution < 1.29 is 14.3 Å². The van der Waals surface area contributed by atoms with Crippen molar-refractivity contribution in [3.05, 3.63) is 83.4 Å². The van der Waals surface area contributed by atoms with Crippen LogP contribution in [0.4, 0.5) is 0 Å². The number of aryl methyl sites for hydroxylation is 1. The fourth-order valence-corrected chi connectivity index (χ4v) is 4.43. The average Bonchev–Trinajstić information content (AvgIpc) is 3.30. The lowest BCUT2D eigenvalue weighted by molar-refractivity contribution is -0.0419. The highest BCUT2D eigenvalue weighted by atomic mass is 16.7. The zero-order chi connectivity index (χ0) is 23.3. The Morgan fingerprint density at radius 2 is 2.06 bits per heavy atom. The van der Waals surface area contributed by atoms with E-state index in [0.717, 1.165) is 60.0 Å². The normalized spacial score (nSPS) is 18.9. The lowest BCUT2D eigenvalue weighted by atomic mass is 9.99. The average molecular weight is 459 g/mol. The minimum Gasteiger partial charge on any atom is -0.495 e. The summed E-state index contributed by atoms with van der Waals surface area (Å²) >= 11 is 0. The van der Waals surface area contributed by atoms with Crippen LogP contribution >= 0.6 is 0 Å². The molecule has 1 atom stereocenters. The number of oxime groups is 1. The van der Waals surface area contributed by atoms with Crippen molar-refractivity contribution in [3.8, 4) is 11.4 Å². The van der Waals surface area contributed by atoms with Crippen molar-refractivity contribution in [2.45, 2.75) is 32.5 Å². The van der Waals surface area contributed by atoms with Gasteiger partial charge in [-0.3, -0.25) is 0 Å². The van der Waals surface area contributed by atoms with Crippen LogP contribution in [-0.2, 0) is 16.2 Å². The summed E-state index contributed by atoms with van der Waals surface area (Å²) in [5, 5.41) is 4.50. The number of rotatable bonds is 7. The number of aromatic nitrogens is 2. The lowest BCUT2D eigenvalue weighted by Gasteiger charge is -2.37. The molecule has 5 rings (SSSR count). The van der Waals surface area contributed by atoms with E-state index in [2.05, 4.69) is 51.4 Å². The van der Waals surface area contributed by atoms with E-state index in [9.17, 15) is 0 Å². The van der Waals surface area contributed by atoms with Gasteiger partial charge >= 0.3 is 0 Å². The summed E-state index contributed by atoms with van der Waals surface area (Å²) in [7, 11) is 1.70. The number of imidazole rings is 1. The van der Waals surface area contributed by atoms with Gasteiger partial charge in [0.1, 0.15) is 5.75 Å². The first-order valence-corrected chi connectivity index (χ1v) is 11.7. The smallest absolute Gasteiger partial charge is 0.171 e. The molecule has 0 aliphatic carbocycles. The van der Waals surface area contributed by atoms with Crippen LogP contribution in [0.1, 0.15) is 29.7 Å². The first-order chi connectivity index (χ1) is 16.7. The molecule has 7 heteroatoms. The molecule has 1 unspecified atom stereocenters. The van der Waals surface area contributed by atoms with Crippen LogP contribution in [0.5, 0.6) is 5.75 Å². The quantitative estimate of drug-likeness (QED) is 0.518. The second-order valence-electron chi connectivity index (χ2n) is 8.72. The SMILES string of the molecule is COc1cc(C=C2CCCN3CC(COCc4ccccc4)ON=C23)ccc1-n1cnc(C)c1. The molecule has 1 fully saturated rings. The third-order valence-corrected chi connectivity index (χ3v) is 6.12. The molecular formula is C27H30N4O3. The minimum atomic E-state index is -0.0650. The molecule has 7 nitrogen and oxygen atoms in total. The highest BCUT2D eigenvalue weighted by molar-refractivity contribution is 6.02. The van der Waals surface area contributed by atoms with Crippen LogP contribution in [-0.4, -0.2) is 53.2 Å². The van der Waals surface area contributed by atoms with Gasteiger partial charge in [0.15, 0.2) is 11.9 Å². The lowest BCUT2D eigenvalue weighted by Crippen LogP contribution is -2.47. The molecule has 3 aromatic rings. The third-order valence-electron chi connectivity index (χ3n) is 6.12. The van der Waals surface area contributed by atoms with Crippen LogP contribution < -0.4 is 4.74 Å². The molecule has 0 saturated carbocycles. The van der Waals surface area contributed by atoms with Gasteiger partial charge in [0.05, 0.1) is 44.6 Å². The van der Waals surface area contributed by atoms with Crippen molar-refractivity contribution in [3.63, 3.8) is 0 Å². The van der Waals surface area contributed by atoms with E-state index >= 15 is 0 Å². The predicted octanol–water partition coefficient (Wildman–Crippen LogP) is 4.60. The Balaban J connectivity index is 1.28. The molecule has 0 bridgehead atoms. The van der Waals surface area contributed by atoms with Crippen LogP contribution in [0.15, 0.2) is 71.8 Å². The van der Waals surface area contributed by atoms with E-state index in [0.29, 0.717) is 13.2 Å². The van der Waals surface area contributed by atoms with Gasteiger partial charge in [-0.2, -0.15) is 0 Å². The molecule has 3 heterocycles. The molecule has 34 heavy (non-hydrogen) atoms. The first kappa shape index (κ1) is 22.2. The van der Waals surface area contributed by atoms with Gasteiger partial charge < -0.3 is 23.8 Å². The van der Waals surface area contributed by atoms with Crippen LogP contribution in [0.3, 0.4) is 0 Å². The molecule has 1 aromatic heterocycles. The van der Waals surface area contributed by atoms with Gasteiger partial charge in [-0.1, -0.05) is 41.6 Å². The first-order valence-electron chi connectivity index (χ1n) is 11.7. The Morgan fingerprint density at radius 3 is 2.85 bits per heavy atom. The predicted molar refractivity (Wildman–Crippen MR) is 132 cm³/mol. The van der Waals surface area contributed by atoms with E-state index < -0.39 is 0 Å². The maximum atomic E-state index is 5.88. The molecule has 2 aromatic carbocycles. The van der Waals surface area contributed by atoms with E-state index in [1.165, 1.54) is 5.57 Å². The number of amidine groups is 1. The molecule has 0 radical (unpaired) electrons. The number of piperidine rings is 1. The molecule has 0 N–H and O–H groups in total. The Kier molecular flexibility index (Phi) is 6.62. The Labute approximate surface area is 200 Å². The third kappa shape index (κ3) is 4.99. The maximum absolute atomic E-state index is 5.88. The minimum absolute atomic E-state index is 0.0650. The van der Waals surface area contributed by atoms with Crippen molar-refractivity contribution in [1.82, 2.24) is 14.5 Å². The number of hydrogen-bond donors (Lipinski definition) is 0. The summed E-state index contributed by atoms with van der Waals surface area (Å²) < 4.78 is 13.5. The number of nitrogens with zero attached hydrogens (tertiary/aromatic N) is 4. The molecule has 2 aliphatic rings. The van der Waals surface area contributed by atoms with Crippen molar-refractivity contribution >= 4 is 11.9 Å². The van der Waals surface area contributed by atoms with Crippen LogP contribution in [0.25, 0.3) is 11.8 Å². The van der Waals surface area contributed by atoms with Gasteiger partial charge in [-0.15, -0.1) is 0 Å². The number of methoxy groups -OCH3 is 1. The summed E-state index contributed by atoms with van der Waals surface area (Å²) in [6.45, 7) is 4.85. The highest BCUT2D eigenvalue weighted by Gasteiger charge is 2.29. The van der Waals surface area contributed by atoms with Gasteiger partial charge in [-0.05, 0) is 54.7 Å². The fraction of sp³-hybridized carbons (Fsp3) is 0.333. The van der Waals surface area contributed by atoms with Crippen molar-refractivity contribution in [1.29, 1.82) is 0 Å². The van der Waals surface area contributed by atoms with E-state index in [1.54, 1.807) is 13.4 Å². The second-order valence-corrected chi connectivity index (χ2v) is 8.72.